The number of carbonyl (C=O) groups is 2. The Kier molecular flexibility index (Phi) is 7.59. The molecule has 3 aromatic carbocycles. The molecule has 0 saturated carbocycles. The lowest BCUT2D eigenvalue weighted by Crippen LogP contribution is -2.10. The van der Waals surface area contributed by atoms with Crippen molar-refractivity contribution in [1.82, 2.24) is 0 Å². The Morgan fingerprint density at radius 2 is 1.72 bits per heavy atom. The van der Waals surface area contributed by atoms with Crippen molar-refractivity contribution < 1.29 is 33.7 Å². The second-order valence-corrected chi connectivity index (χ2v) is 6.94. The number of aryl methyl sites for hydroxylation is 1. The third kappa shape index (κ3) is 6.98. The lowest BCUT2D eigenvalue weighted by molar-refractivity contribution is -0.134. The molecule has 0 atom stereocenters. The average molecular weight is 436 g/mol. The molecular weight excluding hydrogens is 415 g/mol. The van der Waals surface area contributed by atoms with Crippen molar-refractivity contribution in [3.63, 3.8) is 0 Å². The number of rotatable bonds is 9. The minimum Gasteiger partial charge on any atom is -0.508 e. The number of carboxylic acid groups (broad SMARTS) is 1. The van der Waals surface area contributed by atoms with Crippen molar-refractivity contribution in [2.45, 2.75) is 19.4 Å². The minimum atomic E-state index is -1.10. The molecule has 3 rings (SSSR count). The van der Waals surface area contributed by atoms with E-state index in [0.29, 0.717) is 17.5 Å². The Hall–Kier alpha value is -4.13. The molecule has 6 nitrogen and oxygen atoms in total. The molecular formula is C25H21FO6. The van der Waals surface area contributed by atoms with Gasteiger partial charge in [-0.15, -0.1) is 0 Å². The SMILES string of the molecule is O=C(O)/C=C/c1ccc(OC(=O)CCc2ccc(O)cc2)c(OCc2cccc(F)c2)c1. The van der Waals surface area contributed by atoms with Gasteiger partial charge in [0.1, 0.15) is 18.2 Å². The zero-order valence-electron chi connectivity index (χ0n) is 17.0. The topological polar surface area (TPSA) is 93.1 Å². The molecule has 0 heterocycles. The zero-order chi connectivity index (χ0) is 22.9. The number of benzene rings is 3. The molecule has 0 aliphatic heterocycles. The third-order valence-corrected chi connectivity index (χ3v) is 4.45. The maximum atomic E-state index is 13.4. The standard InChI is InChI=1S/C25H21FO6/c26-20-3-1-2-19(14-20)16-31-23-15-18(7-12-24(28)29)6-11-22(23)32-25(30)13-8-17-4-9-21(27)10-5-17/h1-7,9-12,14-15,27H,8,13,16H2,(H,28,29)/b12-7+. The van der Waals surface area contributed by atoms with Crippen molar-refractivity contribution in [3.05, 3.63) is 95.3 Å². The molecule has 164 valence electrons. The summed E-state index contributed by atoms with van der Waals surface area (Å²) in [5.41, 5.74) is 1.99. The van der Waals surface area contributed by atoms with Gasteiger partial charge in [0.05, 0.1) is 0 Å². The fourth-order valence-electron chi connectivity index (χ4n) is 2.86. The number of aliphatic carboxylic acids is 1. The van der Waals surface area contributed by atoms with Crippen LogP contribution < -0.4 is 9.47 Å². The maximum Gasteiger partial charge on any atom is 0.328 e. The Labute approximate surface area is 184 Å². The van der Waals surface area contributed by atoms with Gasteiger partial charge in [0.15, 0.2) is 11.5 Å². The molecule has 0 fully saturated rings. The van der Waals surface area contributed by atoms with Gasteiger partial charge >= 0.3 is 11.9 Å². The van der Waals surface area contributed by atoms with Crippen LogP contribution >= 0.6 is 0 Å². The van der Waals surface area contributed by atoms with Crippen LogP contribution in [0.4, 0.5) is 4.39 Å². The summed E-state index contributed by atoms with van der Waals surface area (Å²) in [4.78, 5) is 23.1. The van der Waals surface area contributed by atoms with Crippen molar-refractivity contribution in [2.75, 3.05) is 0 Å². The van der Waals surface area contributed by atoms with Crippen LogP contribution in [0, 0.1) is 5.82 Å². The lowest BCUT2D eigenvalue weighted by atomic mass is 10.1. The average Bonchev–Trinajstić information content (AvgIpc) is 2.77. The fraction of sp³-hybridized carbons (Fsp3) is 0.120. The predicted octanol–water partition coefficient (Wildman–Crippen LogP) is 4.75. The summed E-state index contributed by atoms with van der Waals surface area (Å²) in [6.07, 6.45) is 2.90. The number of hydrogen-bond donors (Lipinski definition) is 2. The van der Waals surface area contributed by atoms with Crippen LogP contribution in [-0.4, -0.2) is 22.2 Å². The molecule has 2 N–H and O–H groups in total. The summed E-state index contributed by atoms with van der Waals surface area (Å²) < 4.78 is 24.6. The lowest BCUT2D eigenvalue weighted by Gasteiger charge is -2.13. The van der Waals surface area contributed by atoms with E-state index in [9.17, 15) is 19.1 Å². The smallest absolute Gasteiger partial charge is 0.328 e. The molecule has 0 spiro atoms. The summed E-state index contributed by atoms with van der Waals surface area (Å²) in [6, 6.07) is 17.1. The van der Waals surface area contributed by atoms with Crippen molar-refractivity contribution in [3.8, 4) is 17.2 Å². The van der Waals surface area contributed by atoms with Crippen LogP contribution in [-0.2, 0) is 22.6 Å². The first kappa shape index (κ1) is 22.6. The number of carboxylic acids is 1. The van der Waals surface area contributed by atoms with Crippen LogP contribution in [0.5, 0.6) is 17.2 Å². The molecule has 0 saturated heterocycles. The molecule has 0 unspecified atom stereocenters. The molecule has 0 aromatic heterocycles. The largest absolute Gasteiger partial charge is 0.508 e. The van der Waals surface area contributed by atoms with E-state index >= 15 is 0 Å². The summed E-state index contributed by atoms with van der Waals surface area (Å²) in [5.74, 6) is -1.44. The Balaban J connectivity index is 1.72. The Morgan fingerprint density at radius 1 is 0.938 bits per heavy atom. The minimum absolute atomic E-state index is 0.0297. The number of aromatic hydroxyl groups is 1. The van der Waals surface area contributed by atoms with Gasteiger partial charge in [-0.1, -0.05) is 30.3 Å². The van der Waals surface area contributed by atoms with Crippen molar-refractivity contribution >= 4 is 18.0 Å². The second-order valence-electron chi connectivity index (χ2n) is 6.94. The molecule has 3 aromatic rings. The Bertz CT molecular complexity index is 1120. The van der Waals surface area contributed by atoms with Gasteiger partial charge in [0.2, 0.25) is 0 Å². The van der Waals surface area contributed by atoms with Gasteiger partial charge in [-0.05, 0) is 65.6 Å². The summed E-state index contributed by atoms with van der Waals surface area (Å²) in [5, 5.41) is 18.2. The van der Waals surface area contributed by atoms with Gasteiger partial charge in [-0.25, -0.2) is 9.18 Å². The highest BCUT2D eigenvalue weighted by atomic mass is 19.1. The first-order valence-corrected chi connectivity index (χ1v) is 9.80. The molecule has 0 aliphatic carbocycles. The van der Waals surface area contributed by atoms with Crippen LogP contribution in [0.3, 0.4) is 0 Å². The van der Waals surface area contributed by atoms with E-state index in [1.54, 1.807) is 48.5 Å². The summed E-state index contributed by atoms with van der Waals surface area (Å²) >= 11 is 0. The summed E-state index contributed by atoms with van der Waals surface area (Å²) in [7, 11) is 0. The van der Waals surface area contributed by atoms with E-state index in [1.807, 2.05) is 0 Å². The highest BCUT2D eigenvalue weighted by molar-refractivity contribution is 5.85. The van der Waals surface area contributed by atoms with E-state index in [0.717, 1.165) is 11.6 Å². The normalized spacial score (nSPS) is 10.8. The summed E-state index contributed by atoms with van der Waals surface area (Å²) in [6.45, 7) is 0.0297. The van der Waals surface area contributed by atoms with E-state index in [2.05, 4.69) is 0 Å². The molecule has 7 heteroatoms. The van der Waals surface area contributed by atoms with E-state index < -0.39 is 17.8 Å². The van der Waals surface area contributed by atoms with E-state index in [1.165, 1.54) is 24.3 Å². The van der Waals surface area contributed by atoms with Crippen molar-refractivity contribution in [2.24, 2.45) is 0 Å². The number of ether oxygens (including phenoxy) is 2. The molecule has 0 bridgehead atoms. The number of halogens is 1. The molecule has 32 heavy (non-hydrogen) atoms. The predicted molar refractivity (Wildman–Crippen MR) is 116 cm³/mol. The van der Waals surface area contributed by atoms with E-state index in [4.69, 9.17) is 14.6 Å². The molecule has 0 radical (unpaired) electrons. The number of esters is 1. The van der Waals surface area contributed by atoms with Crippen LogP contribution in [0.1, 0.15) is 23.1 Å². The number of hydrogen-bond acceptors (Lipinski definition) is 5. The van der Waals surface area contributed by atoms with Crippen LogP contribution in [0.2, 0.25) is 0 Å². The van der Waals surface area contributed by atoms with Gasteiger partial charge in [0.25, 0.3) is 0 Å². The highest BCUT2D eigenvalue weighted by Gasteiger charge is 2.12. The fourth-order valence-corrected chi connectivity index (χ4v) is 2.86. The number of phenols is 1. The first-order chi connectivity index (χ1) is 15.4. The quantitative estimate of drug-likeness (QED) is 0.286. The Morgan fingerprint density at radius 3 is 2.44 bits per heavy atom. The molecule has 0 aliphatic rings. The zero-order valence-corrected chi connectivity index (χ0v) is 17.0. The van der Waals surface area contributed by atoms with E-state index in [-0.39, 0.29) is 30.3 Å². The highest BCUT2D eigenvalue weighted by Crippen LogP contribution is 2.30. The van der Waals surface area contributed by atoms with Crippen LogP contribution in [0.15, 0.2) is 72.8 Å². The van der Waals surface area contributed by atoms with Gasteiger partial charge < -0.3 is 19.7 Å². The third-order valence-electron chi connectivity index (χ3n) is 4.45. The van der Waals surface area contributed by atoms with Gasteiger partial charge in [-0.2, -0.15) is 0 Å². The maximum absolute atomic E-state index is 13.4. The number of carbonyl (C=O) groups excluding carboxylic acids is 1. The first-order valence-electron chi connectivity index (χ1n) is 9.80. The monoisotopic (exact) mass is 436 g/mol. The van der Waals surface area contributed by atoms with Crippen LogP contribution in [0.25, 0.3) is 6.08 Å². The van der Waals surface area contributed by atoms with Crippen molar-refractivity contribution in [1.29, 1.82) is 0 Å². The number of phenolic OH excluding ortho intramolecular Hbond substituents is 1. The molecule has 0 amide bonds. The second kappa shape index (κ2) is 10.8. The van der Waals surface area contributed by atoms with Gasteiger partial charge in [-0.3, -0.25) is 4.79 Å². The van der Waals surface area contributed by atoms with Gasteiger partial charge in [0, 0.05) is 12.5 Å².